The number of hydrogen-bond donors (Lipinski definition) is 1. The molecule has 5 rings (SSSR count). The smallest absolute Gasteiger partial charge is 0.309 e. The molecule has 1 aliphatic rings. The third kappa shape index (κ3) is 8.14. The quantitative estimate of drug-likeness (QED) is 0.158. The summed E-state index contributed by atoms with van der Waals surface area (Å²) in [6, 6.07) is 16.0. The van der Waals surface area contributed by atoms with Crippen LogP contribution in [0.1, 0.15) is 43.1 Å². The number of nitrogens with two attached hydrogens (primary N) is 1. The summed E-state index contributed by atoms with van der Waals surface area (Å²) in [5.41, 5.74) is 10.9. The summed E-state index contributed by atoms with van der Waals surface area (Å²) in [6.45, 7) is 8.01. The van der Waals surface area contributed by atoms with E-state index in [1.807, 2.05) is 47.4 Å². The highest BCUT2D eigenvalue weighted by molar-refractivity contribution is 7.96. The summed E-state index contributed by atoms with van der Waals surface area (Å²) in [7, 11) is 1.40. The summed E-state index contributed by atoms with van der Waals surface area (Å²) in [6.07, 6.45) is 6.02. The molecule has 1 amide bonds. The normalized spacial score (nSPS) is 14.3. The monoisotopic (exact) mass is 631 g/mol. The number of methoxy groups -OCH3 is 1. The zero-order valence-corrected chi connectivity index (χ0v) is 27.5. The third-order valence-electron chi connectivity index (χ3n) is 8.50. The van der Waals surface area contributed by atoms with E-state index in [1.54, 1.807) is 11.9 Å². The van der Waals surface area contributed by atoms with Gasteiger partial charge in [-0.05, 0) is 36.3 Å². The Kier molecular flexibility index (Phi) is 11.3. The van der Waals surface area contributed by atoms with E-state index in [9.17, 15) is 9.59 Å². The van der Waals surface area contributed by atoms with E-state index in [2.05, 4.69) is 38.0 Å². The summed E-state index contributed by atoms with van der Waals surface area (Å²) in [5.74, 6) is 1.30. The molecular formula is C34H45N7O3S. The van der Waals surface area contributed by atoms with Gasteiger partial charge in [-0.2, -0.15) is 0 Å². The molecule has 1 saturated heterocycles. The molecule has 0 spiro atoms. The number of hydrogen-bond acceptors (Lipinski definition) is 9. The van der Waals surface area contributed by atoms with Crippen LogP contribution in [0.25, 0.3) is 21.9 Å². The van der Waals surface area contributed by atoms with Crippen LogP contribution in [0, 0.1) is 0 Å². The summed E-state index contributed by atoms with van der Waals surface area (Å²) in [5, 5.41) is 1.04. The van der Waals surface area contributed by atoms with Crippen LogP contribution in [0.3, 0.4) is 0 Å². The van der Waals surface area contributed by atoms with Crippen LogP contribution >= 0.6 is 11.9 Å². The third-order valence-corrected chi connectivity index (χ3v) is 9.38. The van der Waals surface area contributed by atoms with Crippen molar-refractivity contribution < 1.29 is 14.3 Å². The molecule has 11 heteroatoms. The Balaban J connectivity index is 1.38. The number of imidazole rings is 1. The summed E-state index contributed by atoms with van der Waals surface area (Å²) in [4.78, 5) is 39.6. The Morgan fingerprint density at radius 2 is 1.80 bits per heavy atom. The molecule has 0 saturated carbocycles. The Hall–Kier alpha value is -3.67. The first-order chi connectivity index (χ1) is 21.9. The maximum Gasteiger partial charge on any atom is 0.309 e. The number of benzene rings is 2. The van der Waals surface area contributed by atoms with E-state index in [1.165, 1.54) is 7.11 Å². The number of piperazine rings is 1. The van der Waals surface area contributed by atoms with Crippen molar-refractivity contribution in [2.24, 2.45) is 0 Å². The number of unbranched alkanes of at least 4 members (excludes halogenated alkanes) is 1. The number of amides is 1. The first kappa shape index (κ1) is 32.7. The molecule has 45 heavy (non-hydrogen) atoms. The Labute approximate surface area is 270 Å². The van der Waals surface area contributed by atoms with Crippen LogP contribution in [0.5, 0.6) is 0 Å². The fourth-order valence-electron chi connectivity index (χ4n) is 6.04. The molecule has 0 unspecified atom stereocenters. The molecule has 0 aliphatic carbocycles. The second-order valence-corrected chi connectivity index (χ2v) is 12.5. The van der Waals surface area contributed by atoms with E-state index in [0.29, 0.717) is 32.0 Å². The topological polar surface area (TPSA) is 110 Å². The zero-order chi connectivity index (χ0) is 31.8. The van der Waals surface area contributed by atoms with Gasteiger partial charge in [0.15, 0.2) is 5.82 Å². The second kappa shape index (κ2) is 15.6. The number of carbonyl (C=O) groups excluding carboxylic acids is 2. The van der Waals surface area contributed by atoms with Gasteiger partial charge in [-0.3, -0.25) is 14.5 Å². The Morgan fingerprint density at radius 3 is 2.56 bits per heavy atom. The van der Waals surface area contributed by atoms with Crippen LogP contribution in [0.4, 0.5) is 5.82 Å². The van der Waals surface area contributed by atoms with E-state index >= 15 is 0 Å². The molecule has 2 N–H and O–H groups in total. The number of ether oxygens (including phenoxy) is 1. The van der Waals surface area contributed by atoms with Crippen molar-refractivity contribution in [3.63, 3.8) is 0 Å². The first-order valence-electron chi connectivity index (χ1n) is 15.9. The predicted molar refractivity (Wildman–Crippen MR) is 182 cm³/mol. The van der Waals surface area contributed by atoms with Crippen LogP contribution in [0.2, 0.25) is 0 Å². The van der Waals surface area contributed by atoms with E-state index in [4.69, 9.17) is 15.5 Å². The second-order valence-electron chi connectivity index (χ2n) is 11.6. The lowest BCUT2D eigenvalue weighted by Gasteiger charge is -2.34. The fourth-order valence-corrected chi connectivity index (χ4v) is 6.57. The predicted octanol–water partition coefficient (Wildman–Crippen LogP) is 4.54. The zero-order valence-electron chi connectivity index (χ0n) is 26.7. The van der Waals surface area contributed by atoms with Crippen LogP contribution in [-0.4, -0.2) is 93.2 Å². The largest absolute Gasteiger partial charge is 0.469 e. The number of aryl methyl sites for hydroxylation is 2. The summed E-state index contributed by atoms with van der Waals surface area (Å²) < 4.78 is 9.50. The Morgan fingerprint density at radius 1 is 1.02 bits per heavy atom. The first-order valence-corrected chi connectivity index (χ1v) is 17.1. The number of esters is 1. The SMILES string of the molecule is CCCCc1nc2c(N)nc3ccccc3c2n1CCCN(Cc1cccc(CC(=O)OC)c1)C(=O)CN1CCN(SC)CC1. The minimum absolute atomic E-state index is 0.117. The van der Waals surface area contributed by atoms with Gasteiger partial charge in [-0.25, -0.2) is 14.3 Å². The Bertz CT molecular complexity index is 1620. The molecule has 2 aromatic carbocycles. The highest BCUT2D eigenvalue weighted by Gasteiger charge is 2.23. The van der Waals surface area contributed by atoms with E-state index < -0.39 is 0 Å². The number of nitrogens with zero attached hydrogens (tertiary/aromatic N) is 6. The highest BCUT2D eigenvalue weighted by atomic mass is 32.2. The number of anilines is 1. The van der Waals surface area contributed by atoms with Crippen LogP contribution in [-0.2, 0) is 40.3 Å². The maximum atomic E-state index is 13.9. The molecule has 0 atom stereocenters. The van der Waals surface area contributed by atoms with Gasteiger partial charge in [0.1, 0.15) is 11.3 Å². The number of para-hydroxylation sites is 1. The molecule has 0 radical (unpaired) electrons. The minimum Gasteiger partial charge on any atom is -0.469 e. The van der Waals surface area contributed by atoms with Gasteiger partial charge in [-0.1, -0.05) is 67.8 Å². The van der Waals surface area contributed by atoms with Crippen LogP contribution in [0.15, 0.2) is 48.5 Å². The number of carbonyl (C=O) groups is 2. The lowest BCUT2D eigenvalue weighted by Crippen LogP contribution is -2.48. The van der Waals surface area contributed by atoms with E-state index in [-0.39, 0.29) is 18.3 Å². The average Bonchev–Trinajstić information content (AvgIpc) is 3.42. The number of aromatic nitrogens is 3. The van der Waals surface area contributed by atoms with Crippen LogP contribution < -0.4 is 5.73 Å². The van der Waals surface area contributed by atoms with Gasteiger partial charge in [0, 0.05) is 57.6 Å². The molecule has 240 valence electrons. The number of pyridine rings is 1. The van der Waals surface area contributed by atoms with Crippen molar-refractivity contribution in [1.29, 1.82) is 0 Å². The van der Waals surface area contributed by atoms with Gasteiger partial charge >= 0.3 is 5.97 Å². The number of rotatable bonds is 14. The van der Waals surface area contributed by atoms with Crippen molar-refractivity contribution in [1.82, 2.24) is 28.6 Å². The molecule has 4 aromatic rings. The number of nitrogen functional groups attached to an aromatic ring is 1. The van der Waals surface area contributed by atoms with Gasteiger partial charge in [0.05, 0.1) is 31.1 Å². The lowest BCUT2D eigenvalue weighted by atomic mass is 10.1. The number of fused-ring (bicyclic) bond motifs is 3. The minimum atomic E-state index is -0.278. The molecule has 1 fully saturated rings. The van der Waals surface area contributed by atoms with Crippen molar-refractivity contribution in [3.8, 4) is 0 Å². The van der Waals surface area contributed by atoms with Crippen molar-refractivity contribution in [2.75, 3.05) is 58.4 Å². The molecule has 10 nitrogen and oxygen atoms in total. The van der Waals surface area contributed by atoms with Gasteiger partial charge < -0.3 is 19.9 Å². The molecular weight excluding hydrogens is 586 g/mol. The van der Waals surface area contributed by atoms with Gasteiger partial charge in [-0.15, -0.1) is 0 Å². The average molecular weight is 632 g/mol. The molecule has 1 aliphatic heterocycles. The molecule has 0 bridgehead atoms. The summed E-state index contributed by atoms with van der Waals surface area (Å²) >= 11 is 1.76. The fraction of sp³-hybridized carbons (Fsp3) is 0.471. The van der Waals surface area contributed by atoms with Crippen molar-refractivity contribution in [3.05, 3.63) is 65.5 Å². The maximum absolute atomic E-state index is 13.9. The van der Waals surface area contributed by atoms with E-state index in [0.717, 1.165) is 90.7 Å². The van der Waals surface area contributed by atoms with Crippen molar-refractivity contribution in [2.45, 2.75) is 52.1 Å². The van der Waals surface area contributed by atoms with Gasteiger partial charge in [0.2, 0.25) is 5.91 Å². The lowest BCUT2D eigenvalue weighted by molar-refractivity contribution is -0.139. The standard InChI is InChI=1S/C34H45N7O3S/c1-4-5-14-29-37-32-33(27-12-6-7-13-28(27)36-34(32)35)41(29)16-9-15-39(30(42)24-38-17-19-40(45-3)20-18-38)23-26-11-8-10-25(21-26)22-31(43)44-2/h6-8,10-13,21H,4-5,9,14-20,22-24H2,1-3H3,(H2,35,36). The molecule has 3 heterocycles. The molecule has 2 aromatic heterocycles. The van der Waals surface area contributed by atoms with Crippen molar-refractivity contribution >= 4 is 51.6 Å². The van der Waals surface area contributed by atoms with Gasteiger partial charge in [0.25, 0.3) is 0 Å². The highest BCUT2D eigenvalue weighted by Crippen LogP contribution is 2.29.